The van der Waals surface area contributed by atoms with Crippen molar-refractivity contribution in [1.29, 1.82) is 0 Å². The molecule has 0 saturated carbocycles. The summed E-state index contributed by atoms with van der Waals surface area (Å²) in [6, 6.07) is 3.14. The molecule has 1 saturated heterocycles. The van der Waals surface area contributed by atoms with Gasteiger partial charge in [-0.3, -0.25) is 14.6 Å². The number of rotatable bonds is 8. The van der Waals surface area contributed by atoms with Gasteiger partial charge in [-0.25, -0.2) is 0 Å². The molecular weight excluding hydrogens is 294 g/mol. The van der Waals surface area contributed by atoms with Crippen LogP contribution in [-0.2, 0) is 4.74 Å². The lowest BCUT2D eigenvalue weighted by atomic mass is 10.2. The number of hydrogen-bond acceptors (Lipinski definition) is 4. The van der Waals surface area contributed by atoms with Crippen molar-refractivity contribution in [3.63, 3.8) is 0 Å². The van der Waals surface area contributed by atoms with E-state index in [1.165, 1.54) is 12.3 Å². The fourth-order valence-electron chi connectivity index (χ4n) is 2.48. The van der Waals surface area contributed by atoms with Gasteiger partial charge in [-0.2, -0.15) is 0 Å². The SMILES string of the molecule is CCCCCNC(=O)c1cc(C(=O)NCC2CCCO2)ccn1. The Bertz CT molecular complexity index is 528. The highest BCUT2D eigenvalue weighted by Gasteiger charge is 2.17. The van der Waals surface area contributed by atoms with E-state index in [4.69, 9.17) is 4.74 Å². The Morgan fingerprint density at radius 2 is 2.17 bits per heavy atom. The summed E-state index contributed by atoms with van der Waals surface area (Å²) in [5.41, 5.74) is 0.711. The van der Waals surface area contributed by atoms with Crippen LogP contribution >= 0.6 is 0 Å². The molecule has 2 amide bonds. The van der Waals surface area contributed by atoms with Crippen molar-refractivity contribution in [2.24, 2.45) is 0 Å². The molecule has 1 fully saturated rings. The minimum atomic E-state index is -0.241. The van der Waals surface area contributed by atoms with Crippen LogP contribution in [0, 0.1) is 0 Å². The molecule has 0 radical (unpaired) electrons. The summed E-state index contributed by atoms with van der Waals surface area (Å²) in [5, 5.41) is 5.67. The first kappa shape index (κ1) is 17.4. The molecule has 23 heavy (non-hydrogen) atoms. The second-order valence-electron chi connectivity index (χ2n) is 5.74. The molecule has 0 bridgehead atoms. The molecule has 0 aromatic carbocycles. The average Bonchev–Trinajstić information content (AvgIpc) is 3.10. The van der Waals surface area contributed by atoms with Crippen LogP contribution in [-0.4, -0.2) is 42.6 Å². The van der Waals surface area contributed by atoms with E-state index in [9.17, 15) is 9.59 Å². The number of nitrogens with zero attached hydrogens (tertiary/aromatic N) is 1. The first-order valence-corrected chi connectivity index (χ1v) is 8.34. The van der Waals surface area contributed by atoms with E-state index >= 15 is 0 Å². The van der Waals surface area contributed by atoms with Crippen molar-refractivity contribution in [3.05, 3.63) is 29.6 Å². The number of hydrogen-bond donors (Lipinski definition) is 2. The quantitative estimate of drug-likeness (QED) is 0.717. The lowest BCUT2D eigenvalue weighted by Crippen LogP contribution is -2.32. The molecule has 2 N–H and O–H groups in total. The lowest BCUT2D eigenvalue weighted by Gasteiger charge is -2.11. The van der Waals surface area contributed by atoms with Crippen LogP contribution in [0.1, 0.15) is 59.9 Å². The highest BCUT2D eigenvalue weighted by Crippen LogP contribution is 2.11. The molecule has 126 valence electrons. The molecule has 6 nitrogen and oxygen atoms in total. The van der Waals surface area contributed by atoms with Gasteiger partial charge < -0.3 is 15.4 Å². The van der Waals surface area contributed by atoms with E-state index in [0.29, 0.717) is 18.7 Å². The van der Waals surface area contributed by atoms with Gasteiger partial charge in [0.25, 0.3) is 11.8 Å². The molecule has 1 aromatic rings. The minimum absolute atomic E-state index is 0.0992. The zero-order chi connectivity index (χ0) is 16.5. The van der Waals surface area contributed by atoms with Gasteiger partial charge in [0.2, 0.25) is 0 Å². The van der Waals surface area contributed by atoms with Crippen LogP contribution in [0.5, 0.6) is 0 Å². The Labute approximate surface area is 137 Å². The number of nitrogens with one attached hydrogen (secondary N) is 2. The molecule has 1 aromatic heterocycles. The monoisotopic (exact) mass is 319 g/mol. The molecule has 6 heteroatoms. The van der Waals surface area contributed by atoms with E-state index in [2.05, 4.69) is 22.5 Å². The van der Waals surface area contributed by atoms with E-state index in [0.717, 1.165) is 38.7 Å². The van der Waals surface area contributed by atoms with E-state index in [-0.39, 0.29) is 23.6 Å². The maximum absolute atomic E-state index is 12.1. The average molecular weight is 319 g/mol. The van der Waals surface area contributed by atoms with Crippen LogP contribution in [0.4, 0.5) is 0 Å². The maximum atomic E-state index is 12.1. The van der Waals surface area contributed by atoms with Gasteiger partial charge in [-0.1, -0.05) is 19.8 Å². The summed E-state index contributed by atoms with van der Waals surface area (Å²) in [6.07, 6.45) is 6.74. The summed E-state index contributed by atoms with van der Waals surface area (Å²) in [5.74, 6) is -0.446. The number of amides is 2. The minimum Gasteiger partial charge on any atom is -0.376 e. The fraction of sp³-hybridized carbons (Fsp3) is 0.588. The Kier molecular flexibility index (Phi) is 7.00. The fourth-order valence-corrected chi connectivity index (χ4v) is 2.48. The van der Waals surface area contributed by atoms with E-state index in [1.54, 1.807) is 6.07 Å². The largest absolute Gasteiger partial charge is 0.376 e. The summed E-state index contributed by atoms with van der Waals surface area (Å²) >= 11 is 0. The number of carbonyl (C=O) groups is 2. The second-order valence-corrected chi connectivity index (χ2v) is 5.74. The third-order valence-corrected chi connectivity index (χ3v) is 3.83. The van der Waals surface area contributed by atoms with Gasteiger partial charge in [-0.15, -0.1) is 0 Å². The van der Waals surface area contributed by atoms with Gasteiger partial charge in [0, 0.05) is 31.5 Å². The zero-order valence-electron chi connectivity index (χ0n) is 13.6. The first-order chi connectivity index (χ1) is 11.2. The topological polar surface area (TPSA) is 80.3 Å². The smallest absolute Gasteiger partial charge is 0.269 e. The van der Waals surface area contributed by atoms with Gasteiger partial charge >= 0.3 is 0 Å². The number of unbranched alkanes of at least 4 members (excludes halogenated alkanes) is 2. The van der Waals surface area contributed by atoms with E-state index in [1.807, 2.05) is 0 Å². The highest BCUT2D eigenvalue weighted by atomic mass is 16.5. The summed E-state index contributed by atoms with van der Waals surface area (Å²) < 4.78 is 5.47. The van der Waals surface area contributed by atoms with Crippen molar-refractivity contribution in [2.75, 3.05) is 19.7 Å². The summed E-state index contributed by atoms with van der Waals surface area (Å²) in [7, 11) is 0. The summed E-state index contributed by atoms with van der Waals surface area (Å²) in [6.45, 7) is 4.00. The predicted molar refractivity (Wildman–Crippen MR) is 87.4 cm³/mol. The molecule has 0 aliphatic carbocycles. The third-order valence-electron chi connectivity index (χ3n) is 3.83. The first-order valence-electron chi connectivity index (χ1n) is 8.34. The molecule has 2 heterocycles. The predicted octanol–water partition coefficient (Wildman–Crippen LogP) is 1.91. The van der Waals surface area contributed by atoms with Crippen LogP contribution in [0.15, 0.2) is 18.3 Å². The number of aromatic nitrogens is 1. The Balaban J connectivity index is 1.85. The molecule has 0 spiro atoms. The molecular formula is C17H25N3O3. The standard InChI is InChI=1S/C17H25N3O3/c1-2-3-4-8-19-17(22)15-11-13(7-9-18-15)16(21)20-12-14-6-5-10-23-14/h7,9,11,14H,2-6,8,10,12H2,1H3,(H,19,22)(H,20,21). The van der Waals surface area contributed by atoms with Crippen molar-refractivity contribution in [1.82, 2.24) is 15.6 Å². The summed E-state index contributed by atoms with van der Waals surface area (Å²) in [4.78, 5) is 28.2. The van der Waals surface area contributed by atoms with Crippen molar-refractivity contribution in [3.8, 4) is 0 Å². The number of carbonyl (C=O) groups excluding carboxylic acids is 2. The molecule has 1 aliphatic heterocycles. The number of pyridine rings is 1. The van der Waals surface area contributed by atoms with E-state index < -0.39 is 0 Å². The van der Waals surface area contributed by atoms with Crippen molar-refractivity contribution in [2.45, 2.75) is 45.1 Å². The van der Waals surface area contributed by atoms with Crippen molar-refractivity contribution >= 4 is 11.8 Å². The van der Waals surface area contributed by atoms with Gasteiger partial charge in [0.1, 0.15) is 5.69 Å². The number of ether oxygens (including phenoxy) is 1. The van der Waals surface area contributed by atoms with Crippen LogP contribution < -0.4 is 10.6 Å². The maximum Gasteiger partial charge on any atom is 0.269 e. The Hall–Kier alpha value is -1.95. The van der Waals surface area contributed by atoms with Gasteiger partial charge in [0.05, 0.1) is 6.10 Å². The Morgan fingerprint density at radius 3 is 2.91 bits per heavy atom. The third kappa shape index (κ3) is 5.63. The highest BCUT2D eigenvalue weighted by molar-refractivity contribution is 5.98. The van der Waals surface area contributed by atoms with Gasteiger partial charge in [-0.05, 0) is 31.4 Å². The van der Waals surface area contributed by atoms with Crippen molar-refractivity contribution < 1.29 is 14.3 Å². The van der Waals surface area contributed by atoms with Crippen LogP contribution in [0.3, 0.4) is 0 Å². The second kappa shape index (κ2) is 9.25. The van der Waals surface area contributed by atoms with Crippen LogP contribution in [0.2, 0.25) is 0 Å². The molecule has 1 aliphatic rings. The molecule has 1 unspecified atom stereocenters. The Morgan fingerprint density at radius 1 is 1.30 bits per heavy atom. The lowest BCUT2D eigenvalue weighted by molar-refractivity contribution is 0.0857. The van der Waals surface area contributed by atoms with Crippen LogP contribution in [0.25, 0.3) is 0 Å². The van der Waals surface area contributed by atoms with Gasteiger partial charge in [0.15, 0.2) is 0 Å². The molecule has 1 atom stereocenters. The molecule has 2 rings (SSSR count). The zero-order valence-corrected chi connectivity index (χ0v) is 13.6. The normalized spacial score (nSPS) is 17.0.